The predicted molar refractivity (Wildman–Crippen MR) is 57.6 cm³/mol. The first-order valence-corrected chi connectivity index (χ1v) is 5.39. The lowest BCUT2D eigenvalue weighted by Gasteiger charge is -2.27. The quantitative estimate of drug-likeness (QED) is 0.760. The largest absolute Gasteiger partial charge is 0.345 e. The van der Waals surface area contributed by atoms with Gasteiger partial charge in [-0.1, -0.05) is 11.6 Å². The van der Waals surface area contributed by atoms with Crippen molar-refractivity contribution < 1.29 is 4.79 Å². The molecule has 1 aliphatic rings. The van der Waals surface area contributed by atoms with Gasteiger partial charge in [0.1, 0.15) is 10.3 Å². The van der Waals surface area contributed by atoms with Gasteiger partial charge in [-0.15, -0.1) is 0 Å². The van der Waals surface area contributed by atoms with Gasteiger partial charge in [0.2, 0.25) is 0 Å². The van der Waals surface area contributed by atoms with Crippen LogP contribution >= 0.6 is 27.5 Å². The molecule has 1 amide bonds. The summed E-state index contributed by atoms with van der Waals surface area (Å²) in [4.78, 5) is 14.4. The minimum absolute atomic E-state index is 0.121. The van der Waals surface area contributed by atoms with Gasteiger partial charge in [-0.25, -0.2) is 0 Å². The van der Waals surface area contributed by atoms with Crippen LogP contribution in [-0.2, 0) is 0 Å². The number of nitrogens with one attached hydrogen (secondary N) is 3. The van der Waals surface area contributed by atoms with Crippen LogP contribution in [0.4, 0.5) is 0 Å². The Hall–Kier alpha value is -0.520. The van der Waals surface area contributed by atoms with Gasteiger partial charge in [-0.05, 0) is 22.0 Å². The Morgan fingerprint density at radius 1 is 1.64 bits per heavy atom. The van der Waals surface area contributed by atoms with E-state index >= 15 is 0 Å². The van der Waals surface area contributed by atoms with E-state index in [9.17, 15) is 4.79 Å². The number of carbonyl (C=O) groups is 1. The fourth-order valence-electron chi connectivity index (χ4n) is 1.18. The van der Waals surface area contributed by atoms with Crippen molar-refractivity contribution in [3.8, 4) is 0 Å². The monoisotopic (exact) mass is 277 g/mol. The summed E-state index contributed by atoms with van der Waals surface area (Å²) in [5.41, 5.74) is 0.480. The summed E-state index contributed by atoms with van der Waals surface area (Å²) in [6.07, 6.45) is 0. The Labute approximate surface area is 94.5 Å². The summed E-state index contributed by atoms with van der Waals surface area (Å²) in [6, 6.07) is 1.84. The molecule has 0 aliphatic carbocycles. The molecule has 2 rings (SSSR count). The number of carbonyl (C=O) groups excluding carboxylic acids is 1. The number of aromatic amines is 1. The van der Waals surface area contributed by atoms with E-state index < -0.39 is 0 Å². The van der Waals surface area contributed by atoms with Crippen LogP contribution in [0, 0.1) is 0 Å². The molecule has 4 nitrogen and oxygen atoms in total. The van der Waals surface area contributed by atoms with Crippen LogP contribution in [0.2, 0.25) is 5.02 Å². The van der Waals surface area contributed by atoms with Gasteiger partial charge in [0.05, 0.1) is 11.1 Å². The number of hydrogen-bond donors (Lipinski definition) is 3. The molecule has 0 saturated carbocycles. The minimum atomic E-state index is -0.121. The van der Waals surface area contributed by atoms with Crippen LogP contribution in [0.25, 0.3) is 0 Å². The van der Waals surface area contributed by atoms with Crippen molar-refractivity contribution in [1.82, 2.24) is 15.6 Å². The van der Waals surface area contributed by atoms with Crippen molar-refractivity contribution >= 4 is 33.4 Å². The third-order valence-corrected chi connectivity index (χ3v) is 3.24. The highest BCUT2D eigenvalue weighted by atomic mass is 79.9. The molecule has 2 heterocycles. The second-order valence-corrected chi connectivity index (χ2v) is 4.37. The molecule has 0 bridgehead atoms. The maximum atomic E-state index is 11.6. The Bertz CT molecular complexity index is 342. The molecule has 0 atom stereocenters. The van der Waals surface area contributed by atoms with E-state index in [0.29, 0.717) is 15.3 Å². The second kappa shape index (κ2) is 3.92. The molecular formula is C8H9BrClN3O. The van der Waals surface area contributed by atoms with Crippen LogP contribution in [0.5, 0.6) is 0 Å². The molecule has 6 heteroatoms. The number of H-pyrrole nitrogens is 1. The molecule has 1 aliphatic heterocycles. The van der Waals surface area contributed by atoms with Crippen molar-refractivity contribution in [2.24, 2.45) is 0 Å². The zero-order chi connectivity index (χ0) is 10.1. The summed E-state index contributed by atoms with van der Waals surface area (Å²) in [5, 5.41) is 6.45. The average molecular weight is 279 g/mol. The van der Waals surface area contributed by atoms with Gasteiger partial charge >= 0.3 is 0 Å². The van der Waals surface area contributed by atoms with E-state index in [1.807, 2.05) is 0 Å². The molecule has 0 spiro atoms. The van der Waals surface area contributed by atoms with E-state index in [4.69, 9.17) is 11.6 Å². The molecule has 1 fully saturated rings. The van der Waals surface area contributed by atoms with Crippen LogP contribution in [0.3, 0.4) is 0 Å². The van der Waals surface area contributed by atoms with E-state index in [1.54, 1.807) is 6.07 Å². The SMILES string of the molecule is O=C(NC1CNC1)c1cc(Cl)c(Br)[nH]1. The zero-order valence-electron chi connectivity index (χ0n) is 7.23. The Morgan fingerprint density at radius 2 is 2.36 bits per heavy atom. The normalized spacial score (nSPS) is 16.4. The van der Waals surface area contributed by atoms with E-state index in [-0.39, 0.29) is 11.9 Å². The highest BCUT2D eigenvalue weighted by Crippen LogP contribution is 2.22. The summed E-state index contributed by atoms with van der Waals surface area (Å²) >= 11 is 8.99. The minimum Gasteiger partial charge on any atom is -0.345 e. The number of halogens is 2. The Balaban J connectivity index is 2.02. The number of aromatic nitrogens is 1. The molecule has 3 N–H and O–H groups in total. The first kappa shape index (κ1) is 10.0. The van der Waals surface area contributed by atoms with Crippen molar-refractivity contribution in [1.29, 1.82) is 0 Å². The Morgan fingerprint density at radius 3 is 2.79 bits per heavy atom. The van der Waals surface area contributed by atoms with Crippen LogP contribution in [0.1, 0.15) is 10.5 Å². The maximum absolute atomic E-state index is 11.6. The molecule has 1 aromatic heterocycles. The van der Waals surface area contributed by atoms with Gasteiger partial charge in [-0.2, -0.15) is 0 Å². The summed E-state index contributed by atoms with van der Waals surface area (Å²) < 4.78 is 0.635. The number of rotatable bonds is 2. The number of amides is 1. The lowest BCUT2D eigenvalue weighted by atomic mass is 10.2. The first-order chi connectivity index (χ1) is 6.66. The zero-order valence-corrected chi connectivity index (χ0v) is 9.58. The molecule has 0 radical (unpaired) electrons. The topological polar surface area (TPSA) is 56.9 Å². The molecule has 0 aromatic carbocycles. The predicted octanol–water partition coefficient (Wildman–Crippen LogP) is 1.13. The first-order valence-electron chi connectivity index (χ1n) is 4.22. The maximum Gasteiger partial charge on any atom is 0.268 e. The van der Waals surface area contributed by atoms with Gasteiger partial charge in [0.25, 0.3) is 5.91 Å². The molecule has 1 saturated heterocycles. The third-order valence-electron chi connectivity index (χ3n) is 2.09. The highest BCUT2D eigenvalue weighted by molar-refractivity contribution is 9.10. The van der Waals surface area contributed by atoms with E-state index in [2.05, 4.69) is 31.5 Å². The molecule has 76 valence electrons. The van der Waals surface area contributed by atoms with E-state index in [1.165, 1.54) is 0 Å². The van der Waals surface area contributed by atoms with Crippen LogP contribution < -0.4 is 10.6 Å². The summed E-state index contributed by atoms with van der Waals surface area (Å²) in [5.74, 6) is -0.121. The number of hydrogen-bond acceptors (Lipinski definition) is 2. The lowest BCUT2D eigenvalue weighted by molar-refractivity contribution is 0.0919. The molecule has 0 unspecified atom stereocenters. The summed E-state index contributed by atoms with van der Waals surface area (Å²) in [7, 11) is 0. The molecule has 14 heavy (non-hydrogen) atoms. The van der Waals surface area contributed by atoms with Crippen LogP contribution in [0.15, 0.2) is 10.7 Å². The van der Waals surface area contributed by atoms with Crippen molar-refractivity contribution in [2.75, 3.05) is 13.1 Å². The van der Waals surface area contributed by atoms with Crippen molar-refractivity contribution in [3.05, 3.63) is 21.4 Å². The summed E-state index contributed by atoms with van der Waals surface area (Å²) in [6.45, 7) is 1.67. The molecule has 1 aromatic rings. The van der Waals surface area contributed by atoms with Crippen LogP contribution in [-0.4, -0.2) is 30.0 Å². The molecular weight excluding hydrogens is 269 g/mol. The smallest absolute Gasteiger partial charge is 0.268 e. The highest BCUT2D eigenvalue weighted by Gasteiger charge is 2.20. The van der Waals surface area contributed by atoms with Gasteiger partial charge in [0, 0.05) is 13.1 Å². The fourth-order valence-corrected chi connectivity index (χ4v) is 1.66. The van der Waals surface area contributed by atoms with E-state index in [0.717, 1.165) is 13.1 Å². The second-order valence-electron chi connectivity index (χ2n) is 3.17. The lowest BCUT2D eigenvalue weighted by Crippen LogP contribution is -2.56. The third kappa shape index (κ3) is 1.94. The fraction of sp³-hybridized carbons (Fsp3) is 0.375. The van der Waals surface area contributed by atoms with Crippen molar-refractivity contribution in [3.63, 3.8) is 0 Å². The Kier molecular flexibility index (Phi) is 2.80. The average Bonchev–Trinajstić information content (AvgIpc) is 2.40. The van der Waals surface area contributed by atoms with Gasteiger partial charge < -0.3 is 15.6 Å². The van der Waals surface area contributed by atoms with Gasteiger partial charge in [-0.3, -0.25) is 4.79 Å². The van der Waals surface area contributed by atoms with Crippen molar-refractivity contribution in [2.45, 2.75) is 6.04 Å². The standard InChI is InChI=1S/C8H9BrClN3O/c9-7-5(10)1-6(13-7)8(14)12-4-2-11-3-4/h1,4,11,13H,2-3H2,(H,12,14). The van der Waals surface area contributed by atoms with Gasteiger partial charge in [0.15, 0.2) is 0 Å².